The molecule has 0 saturated carbocycles. The number of rotatable bonds is 5. The van der Waals surface area contributed by atoms with E-state index < -0.39 is 0 Å². The SMILES string of the molecule is CCN(CC(=O)NC(C)C)C(=O)c1sc2nc(C)cc(C)c2c1C. The molecule has 2 aromatic heterocycles. The minimum Gasteiger partial charge on any atom is -0.352 e. The fraction of sp³-hybridized carbons (Fsp3) is 0.500. The van der Waals surface area contributed by atoms with Crippen LogP contribution in [0.4, 0.5) is 0 Å². The summed E-state index contributed by atoms with van der Waals surface area (Å²) in [6, 6.07) is 2.09. The van der Waals surface area contributed by atoms with Crippen molar-refractivity contribution in [1.29, 1.82) is 0 Å². The number of likely N-dealkylation sites (N-methyl/N-ethyl adjacent to an activating group) is 1. The molecule has 24 heavy (non-hydrogen) atoms. The van der Waals surface area contributed by atoms with Gasteiger partial charge in [0.05, 0.1) is 11.4 Å². The number of hydrogen-bond donors (Lipinski definition) is 1. The van der Waals surface area contributed by atoms with Gasteiger partial charge in [0.2, 0.25) is 5.91 Å². The van der Waals surface area contributed by atoms with Crippen molar-refractivity contribution in [1.82, 2.24) is 15.2 Å². The number of amides is 2. The second-order valence-electron chi connectivity index (χ2n) is 6.36. The Morgan fingerprint density at radius 1 is 1.29 bits per heavy atom. The maximum atomic E-state index is 12.9. The van der Waals surface area contributed by atoms with Crippen LogP contribution < -0.4 is 5.32 Å². The third kappa shape index (κ3) is 3.75. The van der Waals surface area contributed by atoms with Crippen LogP contribution in [0.2, 0.25) is 0 Å². The molecule has 2 heterocycles. The van der Waals surface area contributed by atoms with Gasteiger partial charge >= 0.3 is 0 Å². The average molecular weight is 347 g/mol. The molecule has 6 heteroatoms. The molecule has 5 nitrogen and oxygen atoms in total. The predicted molar refractivity (Wildman–Crippen MR) is 98.7 cm³/mol. The fourth-order valence-electron chi connectivity index (χ4n) is 2.84. The summed E-state index contributed by atoms with van der Waals surface area (Å²) in [7, 11) is 0. The van der Waals surface area contributed by atoms with Crippen LogP contribution in [0.1, 0.15) is 47.3 Å². The minimum absolute atomic E-state index is 0.0622. The van der Waals surface area contributed by atoms with Gasteiger partial charge in [0.1, 0.15) is 4.83 Å². The van der Waals surface area contributed by atoms with Gasteiger partial charge in [-0.05, 0) is 58.7 Å². The zero-order valence-corrected chi connectivity index (χ0v) is 16.0. The first-order chi connectivity index (χ1) is 11.2. The Labute approximate surface area is 147 Å². The number of pyridine rings is 1. The van der Waals surface area contributed by atoms with Crippen LogP contribution in [0.5, 0.6) is 0 Å². The molecule has 0 atom stereocenters. The van der Waals surface area contributed by atoms with Crippen molar-refractivity contribution in [3.63, 3.8) is 0 Å². The molecule has 0 aliphatic heterocycles. The summed E-state index contributed by atoms with van der Waals surface area (Å²) in [6.45, 7) is 12.2. The molecule has 0 bridgehead atoms. The second kappa shape index (κ2) is 7.30. The first-order valence-electron chi connectivity index (χ1n) is 8.20. The lowest BCUT2D eigenvalue weighted by Crippen LogP contribution is -2.42. The fourth-order valence-corrected chi connectivity index (χ4v) is 4.11. The number of hydrogen-bond acceptors (Lipinski definition) is 4. The van der Waals surface area contributed by atoms with E-state index in [0.717, 1.165) is 27.0 Å². The summed E-state index contributed by atoms with van der Waals surface area (Å²) in [5, 5.41) is 3.88. The van der Waals surface area contributed by atoms with Gasteiger partial charge in [0.15, 0.2) is 0 Å². The quantitative estimate of drug-likeness (QED) is 0.903. The third-order valence-electron chi connectivity index (χ3n) is 3.87. The van der Waals surface area contributed by atoms with E-state index in [9.17, 15) is 9.59 Å². The lowest BCUT2D eigenvalue weighted by atomic mass is 10.1. The highest BCUT2D eigenvalue weighted by Gasteiger charge is 2.23. The van der Waals surface area contributed by atoms with Crippen LogP contribution in [0.3, 0.4) is 0 Å². The molecular weight excluding hydrogens is 322 g/mol. The van der Waals surface area contributed by atoms with Gasteiger partial charge in [-0.25, -0.2) is 4.98 Å². The Bertz CT molecular complexity index is 780. The molecule has 0 radical (unpaired) electrons. The van der Waals surface area contributed by atoms with E-state index in [1.54, 1.807) is 4.90 Å². The van der Waals surface area contributed by atoms with Crippen molar-refractivity contribution in [2.75, 3.05) is 13.1 Å². The van der Waals surface area contributed by atoms with Crippen LogP contribution in [0, 0.1) is 20.8 Å². The van der Waals surface area contributed by atoms with Gasteiger partial charge in [0, 0.05) is 23.7 Å². The van der Waals surface area contributed by atoms with Crippen molar-refractivity contribution in [3.8, 4) is 0 Å². The Morgan fingerprint density at radius 3 is 2.54 bits per heavy atom. The van der Waals surface area contributed by atoms with Gasteiger partial charge in [0.25, 0.3) is 5.91 Å². The Hall–Kier alpha value is -1.95. The zero-order valence-electron chi connectivity index (χ0n) is 15.2. The Kier molecular flexibility index (Phi) is 5.59. The Morgan fingerprint density at radius 2 is 1.96 bits per heavy atom. The van der Waals surface area contributed by atoms with Crippen molar-refractivity contribution in [3.05, 3.63) is 27.8 Å². The normalized spacial score (nSPS) is 11.1. The number of fused-ring (bicyclic) bond motifs is 1. The number of nitrogens with zero attached hydrogens (tertiary/aromatic N) is 2. The van der Waals surface area contributed by atoms with E-state index >= 15 is 0 Å². The number of carbonyl (C=O) groups excluding carboxylic acids is 2. The van der Waals surface area contributed by atoms with E-state index in [0.29, 0.717) is 11.4 Å². The van der Waals surface area contributed by atoms with Gasteiger partial charge < -0.3 is 10.2 Å². The summed E-state index contributed by atoms with van der Waals surface area (Å²) in [5.41, 5.74) is 3.03. The molecule has 0 spiro atoms. The van der Waals surface area contributed by atoms with Crippen LogP contribution in [0.15, 0.2) is 6.07 Å². The van der Waals surface area contributed by atoms with Crippen molar-refractivity contribution in [2.45, 2.75) is 47.6 Å². The number of aryl methyl sites for hydroxylation is 3. The van der Waals surface area contributed by atoms with Gasteiger partial charge in [-0.15, -0.1) is 11.3 Å². The van der Waals surface area contributed by atoms with Crippen molar-refractivity contribution >= 4 is 33.4 Å². The van der Waals surface area contributed by atoms with Gasteiger partial charge in [-0.1, -0.05) is 0 Å². The zero-order chi connectivity index (χ0) is 18.0. The standard InChI is InChI=1S/C18H25N3O2S/c1-7-21(9-14(22)19-10(2)3)18(23)16-13(6)15-11(4)8-12(5)20-17(15)24-16/h8,10H,7,9H2,1-6H3,(H,19,22). The number of aromatic nitrogens is 1. The summed E-state index contributed by atoms with van der Waals surface area (Å²) >= 11 is 1.41. The summed E-state index contributed by atoms with van der Waals surface area (Å²) in [5.74, 6) is -0.238. The topological polar surface area (TPSA) is 62.3 Å². The first-order valence-corrected chi connectivity index (χ1v) is 9.02. The molecule has 0 fully saturated rings. The van der Waals surface area contributed by atoms with E-state index in [4.69, 9.17) is 0 Å². The lowest BCUT2D eigenvalue weighted by molar-refractivity contribution is -0.122. The molecule has 130 valence electrons. The van der Waals surface area contributed by atoms with Gasteiger partial charge in [-0.2, -0.15) is 0 Å². The molecule has 0 saturated heterocycles. The third-order valence-corrected chi connectivity index (χ3v) is 5.05. The Balaban J connectivity index is 2.34. The highest BCUT2D eigenvalue weighted by atomic mass is 32.1. The molecule has 0 unspecified atom stereocenters. The van der Waals surface area contributed by atoms with Crippen LogP contribution >= 0.6 is 11.3 Å². The molecular formula is C18H25N3O2S. The average Bonchev–Trinajstić information content (AvgIpc) is 2.80. The summed E-state index contributed by atoms with van der Waals surface area (Å²) < 4.78 is 0. The van der Waals surface area contributed by atoms with Crippen LogP contribution in [-0.2, 0) is 4.79 Å². The first kappa shape index (κ1) is 18.4. The van der Waals surface area contributed by atoms with Crippen LogP contribution in [-0.4, -0.2) is 40.8 Å². The van der Waals surface area contributed by atoms with Crippen molar-refractivity contribution < 1.29 is 9.59 Å². The maximum absolute atomic E-state index is 12.9. The lowest BCUT2D eigenvalue weighted by Gasteiger charge is -2.20. The van der Waals surface area contributed by atoms with E-state index in [1.165, 1.54) is 11.3 Å². The largest absolute Gasteiger partial charge is 0.352 e. The molecule has 0 aromatic carbocycles. The number of thiophene rings is 1. The molecule has 1 N–H and O–H groups in total. The van der Waals surface area contributed by atoms with E-state index in [1.807, 2.05) is 47.6 Å². The minimum atomic E-state index is -0.135. The maximum Gasteiger partial charge on any atom is 0.264 e. The summed E-state index contributed by atoms with van der Waals surface area (Å²) in [4.78, 5) is 32.6. The van der Waals surface area contributed by atoms with E-state index in [-0.39, 0.29) is 24.4 Å². The molecule has 2 amide bonds. The molecule has 2 rings (SSSR count). The molecule has 0 aliphatic rings. The highest BCUT2D eigenvalue weighted by molar-refractivity contribution is 7.20. The molecule has 0 aliphatic carbocycles. The van der Waals surface area contributed by atoms with Crippen molar-refractivity contribution in [2.24, 2.45) is 0 Å². The smallest absolute Gasteiger partial charge is 0.264 e. The van der Waals surface area contributed by atoms with E-state index in [2.05, 4.69) is 10.3 Å². The highest BCUT2D eigenvalue weighted by Crippen LogP contribution is 2.33. The van der Waals surface area contributed by atoms with Gasteiger partial charge in [-0.3, -0.25) is 9.59 Å². The molecule has 2 aromatic rings. The van der Waals surface area contributed by atoms with Crippen LogP contribution in [0.25, 0.3) is 10.2 Å². The number of carbonyl (C=O) groups is 2. The predicted octanol–water partition coefficient (Wildman–Crippen LogP) is 3.21. The monoisotopic (exact) mass is 347 g/mol. The number of nitrogens with one attached hydrogen (secondary N) is 1. The second-order valence-corrected chi connectivity index (χ2v) is 7.36. The summed E-state index contributed by atoms with van der Waals surface area (Å²) in [6.07, 6.45) is 0.